The van der Waals surface area contributed by atoms with E-state index in [-0.39, 0.29) is 5.97 Å². The van der Waals surface area contributed by atoms with Gasteiger partial charge in [0, 0.05) is 44.4 Å². The number of fused-ring (bicyclic) bond motifs is 1. The molecule has 1 fully saturated rings. The number of pyridine rings is 1. The lowest BCUT2D eigenvalue weighted by Crippen LogP contribution is -2.57. The third-order valence-corrected chi connectivity index (χ3v) is 7.85. The molecule has 0 saturated carbocycles. The van der Waals surface area contributed by atoms with Crippen molar-refractivity contribution in [1.29, 1.82) is 0 Å². The van der Waals surface area contributed by atoms with Gasteiger partial charge in [-0.3, -0.25) is 4.79 Å². The molecule has 4 rings (SSSR count). The highest BCUT2D eigenvalue weighted by molar-refractivity contribution is 7.80. The molecule has 1 aromatic carbocycles. The number of aryl methyl sites for hydroxylation is 2. The van der Waals surface area contributed by atoms with Crippen LogP contribution in [-0.4, -0.2) is 52.6 Å². The standard InChI is InChI=1S/C27H35N3O3S/c1-16-14-17(2)28-23(15-16)29-10-12-30(13-11-29)26(34)27(7)9-8-22-20(5)24(32-21(6)31)18(3)19(4)25(22)33-27/h14-15H,8-13H2,1-7H3. The van der Waals surface area contributed by atoms with Crippen LogP contribution >= 0.6 is 12.2 Å². The molecule has 182 valence electrons. The molecule has 1 aromatic heterocycles. The zero-order valence-corrected chi connectivity index (χ0v) is 22.2. The van der Waals surface area contributed by atoms with Gasteiger partial charge in [-0.2, -0.15) is 0 Å². The summed E-state index contributed by atoms with van der Waals surface area (Å²) in [6.45, 7) is 17.2. The maximum absolute atomic E-state index is 11.6. The average molecular weight is 482 g/mol. The molecule has 1 atom stereocenters. The van der Waals surface area contributed by atoms with Crippen LogP contribution in [0.4, 0.5) is 5.82 Å². The Bertz CT molecular complexity index is 1130. The fourth-order valence-corrected chi connectivity index (χ4v) is 5.46. The number of hydrogen-bond donors (Lipinski definition) is 0. The minimum Gasteiger partial charge on any atom is -0.480 e. The molecular formula is C27H35N3O3S. The Labute approximate surface area is 208 Å². The predicted octanol–water partition coefficient (Wildman–Crippen LogP) is 4.78. The Morgan fingerprint density at radius 1 is 1.06 bits per heavy atom. The molecule has 3 heterocycles. The molecule has 34 heavy (non-hydrogen) atoms. The molecule has 0 N–H and O–H groups in total. The number of esters is 1. The van der Waals surface area contributed by atoms with Gasteiger partial charge in [0.1, 0.15) is 22.3 Å². The zero-order valence-electron chi connectivity index (χ0n) is 21.4. The largest absolute Gasteiger partial charge is 0.480 e. The van der Waals surface area contributed by atoms with Crippen molar-refractivity contribution in [1.82, 2.24) is 9.88 Å². The van der Waals surface area contributed by atoms with Gasteiger partial charge < -0.3 is 19.3 Å². The molecule has 1 saturated heterocycles. The lowest BCUT2D eigenvalue weighted by Gasteiger charge is -2.44. The monoisotopic (exact) mass is 481 g/mol. The summed E-state index contributed by atoms with van der Waals surface area (Å²) >= 11 is 6.02. The van der Waals surface area contributed by atoms with Crippen LogP contribution in [-0.2, 0) is 11.2 Å². The summed E-state index contributed by atoms with van der Waals surface area (Å²) in [5.41, 5.74) is 5.79. The molecule has 2 aliphatic heterocycles. The molecule has 6 nitrogen and oxygen atoms in total. The second-order valence-corrected chi connectivity index (χ2v) is 10.2. The first-order chi connectivity index (χ1) is 16.0. The molecule has 1 unspecified atom stereocenters. The number of piperazine rings is 1. The minimum absolute atomic E-state index is 0.302. The van der Waals surface area contributed by atoms with Gasteiger partial charge in [0.25, 0.3) is 0 Å². The molecule has 0 amide bonds. The Morgan fingerprint density at radius 2 is 1.74 bits per heavy atom. The third-order valence-electron chi connectivity index (χ3n) is 7.16. The third kappa shape index (κ3) is 4.50. The zero-order chi connectivity index (χ0) is 24.8. The SMILES string of the molecule is CC(=O)Oc1c(C)c(C)c2c(c1C)CCC(C)(C(=S)N1CCN(c3cc(C)cc(C)n3)CC1)O2. The Morgan fingerprint density at radius 3 is 2.35 bits per heavy atom. The highest BCUT2D eigenvalue weighted by Crippen LogP contribution is 2.44. The number of hydrogen-bond acceptors (Lipinski definition) is 6. The number of rotatable bonds is 3. The van der Waals surface area contributed by atoms with E-state index in [9.17, 15) is 4.79 Å². The predicted molar refractivity (Wildman–Crippen MR) is 139 cm³/mol. The van der Waals surface area contributed by atoms with E-state index >= 15 is 0 Å². The van der Waals surface area contributed by atoms with E-state index in [0.29, 0.717) is 5.75 Å². The van der Waals surface area contributed by atoms with Crippen LogP contribution in [0.15, 0.2) is 12.1 Å². The molecule has 0 radical (unpaired) electrons. The van der Waals surface area contributed by atoms with Gasteiger partial charge in [-0.15, -0.1) is 0 Å². The van der Waals surface area contributed by atoms with Gasteiger partial charge >= 0.3 is 5.97 Å². The highest BCUT2D eigenvalue weighted by Gasteiger charge is 2.41. The van der Waals surface area contributed by atoms with Crippen LogP contribution < -0.4 is 14.4 Å². The van der Waals surface area contributed by atoms with E-state index in [4.69, 9.17) is 26.7 Å². The van der Waals surface area contributed by atoms with E-state index in [1.807, 2.05) is 27.7 Å². The number of ether oxygens (including phenoxy) is 2. The molecule has 2 aliphatic rings. The van der Waals surface area contributed by atoms with Crippen LogP contribution in [0.5, 0.6) is 11.5 Å². The fraction of sp³-hybridized carbons (Fsp3) is 0.519. The van der Waals surface area contributed by atoms with Crippen molar-refractivity contribution in [3.05, 3.63) is 45.6 Å². The van der Waals surface area contributed by atoms with Crippen molar-refractivity contribution in [3.8, 4) is 11.5 Å². The van der Waals surface area contributed by atoms with Crippen molar-refractivity contribution >= 4 is 29.0 Å². The molecule has 0 spiro atoms. The van der Waals surface area contributed by atoms with E-state index in [1.165, 1.54) is 12.5 Å². The summed E-state index contributed by atoms with van der Waals surface area (Å²) in [6, 6.07) is 4.26. The molecular weight excluding hydrogens is 446 g/mol. The van der Waals surface area contributed by atoms with Gasteiger partial charge in [0.05, 0.1) is 0 Å². The first-order valence-corrected chi connectivity index (χ1v) is 12.4. The summed E-state index contributed by atoms with van der Waals surface area (Å²) in [4.78, 5) is 21.9. The lowest BCUT2D eigenvalue weighted by atomic mass is 9.86. The second kappa shape index (κ2) is 9.17. The first-order valence-electron chi connectivity index (χ1n) is 12.0. The number of benzene rings is 1. The molecule has 2 aromatic rings. The molecule has 0 bridgehead atoms. The average Bonchev–Trinajstić information content (AvgIpc) is 2.79. The van der Waals surface area contributed by atoms with Crippen LogP contribution in [0.25, 0.3) is 0 Å². The van der Waals surface area contributed by atoms with Crippen LogP contribution in [0.2, 0.25) is 0 Å². The number of aromatic nitrogens is 1. The minimum atomic E-state index is -0.546. The summed E-state index contributed by atoms with van der Waals surface area (Å²) in [6.07, 6.45) is 1.63. The smallest absolute Gasteiger partial charge is 0.308 e. The van der Waals surface area contributed by atoms with Gasteiger partial charge in [-0.05, 0) is 88.8 Å². The van der Waals surface area contributed by atoms with E-state index < -0.39 is 5.60 Å². The summed E-state index contributed by atoms with van der Waals surface area (Å²) in [5, 5.41) is 0. The van der Waals surface area contributed by atoms with E-state index in [1.54, 1.807) is 0 Å². The van der Waals surface area contributed by atoms with Gasteiger partial charge in [0.15, 0.2) is 5.60 Å². The number of nitrogens with zero attached hydrogens (tertiary/aromatic N) is 3. The Balaban J connectivity index is 1.51. The fourth-order valence-electron chi connectivity index (χ4n) is 5.14. The van der Waals surface area contributed by atoms with Crippen molar-refractivity contribution < 1.29 is 14.3 Å². The van der Waals surface area contributed by atoms with Crippen molar-refractivity contribution in [2.45, 2.75) is 66.9 Å². The van der Waals surface area contributed by atoms with Crippen LogP contribution in [0.1, 0.15) is 53.8 Å². The van der Waals surface area contributed by atoms with Crippen LogP contribution in [0, 0.1) is 34.6 Å². The van der Waals surface area contributed by atoms with E-state index in [2.05, 4.69) is 35.8 Å². The molecule has 7 heteroatoms. The Hall–Kier alpha value is -2.67. The Kier molecular flexibility index (Phi) is 6.60. The quantitative estimate of drug-likeness (QED) is 0.355. The summed E-state index contributed by atoms with van der Waals surface area (Å²) in [5.74, 6) is 2.29. The van der Waals surface area contributed by atoms with Gasteiger partial charge in [-0.1, -0.05) is 12.2 Å². The summed E-state index contributed by atoms with van der Waals surface area (Å²) < 4.78 is 12.2. The van der Waals surface area contributed by atoms with E-state index in [0.717, 1.165) is 83.5 Å². The maximum atomic E-state index is 11.6. The van der Waals surface area contributed by atoms with Crippen molar-refractivity contribution in [2.75, 3.05) is 31.1 Å². The first kappa shape index (κ1) is 24.5. The number of anilines is 1. The second-order valence-electron chi connectivity index (χ2n) is 9.86. The lowest BCUT2D eigenvalue weighted by molar-refractivity contribution is -0.132. The van der Waals surface area contributed by atoms with Crippen LogP contribution in [0.3, 0.4) is 0 Å². The summed E-state index contributed by atoms with van der Waals surface area (Å²) in [7, 11) is 0. The normalized spacial score (nSPS) is 20.0. The van der Waals surface area contributed by atoms with Gasteiger partial charge in [-0.25, -0.2) is 4.98 Å². The van der Waals surface area contributed by atoms with Gasteiger partial charge in [0.2, 0.25) is 0 Å². The van der Waals surface area contributed by atoms with Crippen molar-refractivity contribution in [2.24, 2.45) is 0 Å². The maximum Gasteiger partial charge on any atom is 0.308 e. The number of carbonyl (C=O) groups excluding carboxylic acids is 1. The molecule has 0 aliphatic carbocycles. The number of carbonyl (C=O) groups is 1. The number of thiocarbonyl (C=S) groups is 1. The van der Waals surface area contributed by atoms with Crippen molar-refractivity contribution in [3.63, 3.8) is 0 Å². The highest BCUT2D eigenvalue weighted by atomic mass is 32.1. The topological polar surface area (TPSA) is 54.9 Å².